The van der Waals surface area contributed by atoms with E-state index in [4.69, 9.17) is 17.3 Å². The quantitative estimate of drug-likeness (QED) is 0.560. The van der Waals surface area contributed by atoms with Gasteiger partial charge in [0, 0.05) is 34.7 Å². The molecule has 10 heteroatoms. The van der Waals surface area contributed by atoms with Crippen LogP contribution in [0.15, 0.2) is 55.2 Å². The number of primary amides is 1. The van der Waals surface area contributed by atoms with Crippen LogP contribution in [0.1, 0.15) is 15.9 Å². The zero-order valence-electron chi connectivity index (χ0n) is 14.0. The fourth-order valence-electron chi connectivity index (χ4n) is 2.95. The van der Waals surface area contributed by atoms with Gasteiger partial charge in [0.15, 0.2) is 5.82 Å². The van der Waals surface area contributed by atoms with Gasteiger partial charge in [0.05, 0.1) is 11.1 Å². The fourth-order valence-corrected chi connectivity index (χ4v) is 3.17. The number of hydrogen-bond acceptors (Lipinski definition) is 3. The average molecular weight is 406 g/mol. The average Bonchev–Trinajstić information content (AvgIpc) is 3.28. The van der Waals surface area contributed by atoms with E-state index in [9.17, 15) is 18.0 Å². The number of carbonyl (C=O) groups excluding carboxylic acids is 1. The Bertz CT molecular complexity index is 1210. The van der Waals surface area contributed by atoms with E-state index in [0.717, 1.165) is 18.2 Å². The maximum Gasteiger partial charge on any atom is 0.416 e. The van der Waals surface area contributed by atoms with Crippen LogP contribution in [0, 0.1) is 0 Å². The van der Waals surface area contributed by atoms with Crippen LogP contribution in [0.4, 0.5) is 13.2 Å². The number of aromatic nitrogens is 4. The van der Waals surface area contributed by atoms with Crippen LogP contribution < -0.4 is 5.73 Å². The van der Waals surface area contributed by atoms with Crippen LogP contribution in [-0.4, -0.2) is 25.1 Å². The number of alkyl halides is 3. The lowest BCUT2D eigenvalue weighted by atomic mass is 10.0. The molecule has 2 N–H and O–H groups in total. The molecule has 0 aliphatic carbocycles. The maximum atomic E-state index is 13.1. The molecule has 4 aromatic rings. The number of amides is 1. The van der Waals surface area contributed by atoms with Crippen molar-refractivity contribution in [1.82, 2.24) is 19.2 Å². The van der Waals surface area contributed by atoms with Crippen molar-refractivity contribution in [3.05, 3.63) is 71.4 Å². The predicted molar refractivity (Wildman–Crippen MR) is 96.3 cm³/mol. The number of carbonyl (C=O) groups is 1. The van der Waals surface area contributed by atoms with Gasteiger partial charge in [0.2, 0.25) is 0 Å². The van der Waals surface area contributed by atoms with Gasteiger partial charge in [-0.3, -0.25) is 4.79 Å². The normalized spacial score (nSPS) is 11.9. The standard InChI is InChI=1S/C18H11ClF3N5O/c19-14-4-3-10(18(20,21)22)6-11(14)12-7-26(8-13(12)16(23)28)17-15-2-1-5-27(15)25-9-24-17/h1-9H,(H2,23,28). The summed E-state index contributed by atoms with van der Waals surface area (Å²) >= 11 is 6.13. The van der Waals surface area contributed by atoms with E-state index in [2.05, 4.69) is 10.1 Å². The summed E-state index contributed by atoms with van der Waals surface area (Å²) in [5, 5.41) is 4.12. The molecule has 0 unspecified atom stereocenters. The molecule has 0 saturated heterocycles. The number of rotatable bonds is 3. The highest BCUT2D eigenvalue weighted by Crippen LogP contribution is 2.37. The Balaban J connectivity index is 1.94. The summed E-state index contributed by atoms with van der Waals surface area (Å²) in [7, 11) is 0. The second-order valence-corrected chi connectivity index (χ2v) is 6.38. The molecule has 0 bridgehead atoms. The molecule has 142 valence electrons. The number of hydrogen-bond donors (Lipinski definition) is 1. The van der Waals surface area contributed by atoms with Crippen LogP contribution in [-0.2, 0) is 6.18 Å². The molecule has 0 saturated carbocycles. The first-order valence-corrected chi connectivity index (χ1v) is 8.31. The van der Waals surface area contributed by atoms with E-state index in [-0.39, 0.29) is 21.7 Å². The van der Waals surface area contributed by atoms with Gasteiger partial charge in [-0.05, 0) is 30.3 Å². The molecule has 3 heterocycles. The van der Waals surface area contributed by atoms with E-state index in [0.29, 0.717) is 11.3 Å². The molecular weight excluding hydrogens is 395 g/mol. The van der Waals surface area contributed by atoms with E-state index in [1.165, 1.54) is 23.3 Å². The van der Waals surface area contributed by atoms with Gasteiger partial charge < -0.3 is 10.3 Å². The van der Waals surface area contributed by atoms with Crippen molar-refractivity contribution in [1.29, 1.82) is 0 Å². The van der Waals surface area contributed by atoms with Gasteiger partial charge in [-0.1, -0.05) is 11.6 Å². The Hall–Kier alpha value is -3.33. The largest absolute Gasteiger partial charge is 0.416 e. The molecule has 0 radical (unpaired) electrons. The van der Waals surface area contributed by atoms with Crippen molar-refractivity contribution in [2.75, 3.05) is 0 Å². The number of halogens is 4. The van der Waals surface area contributed by atoms with E-state index in [1.807, 2.05) is 0 Å². The van der Waals surface area contributed by atoms with E-state index in [1.54, 1.807) is 22.8 Å². The zero-order chi connectivity index (χ0) is 20.1. The van der Waals surface area contributed by atoms with Crippen molar-refractivity contribution in [2.45, 2.75) is 6.18 Å². The molecule has 0 spiro atoms. The molecule has 0 aliphatic rings. The van der Waals surface area contributed by atoms with Gasteiger partial charge >= 0.3 is 6.18 Å². The second kappa shape index (κ2) is 6.38. The smallest absolute Gasteiger partial charge is 0.366 e. The van der Waals surface area contributed by atoms with Gasteiger partial charge in [-0.25, -0.2) is 9.50 Å². The molecule has 1 amide bonds. The Morgan fingerprint density at radius 3 is 2.64 bits per heavy atom. The summed E-state index contributed by atoms with van der Waals surface area (Å²) in [6, 6.07) is 6.42. The predicted octanol–water partition coefficient (Wildman–Crippen LogP) is 3.96. The first kappa shape index (κ1) is 18.1. The van der Waals surface area contributed by atoms with Crippen molar-refractivity contribution in [3.8, 4) is 16.9 Å². The SMILES string of the molecule is NC(=O)c1cn(-c2ncnn3cccc23)cc1-c1cc(C(F)(F)F)ccc1Cl. The number of nitrogens with two attached hydrogens (primary N) is 1. The van der Waals surface area contributed by atoms with E-state index >= 15 is 0 Å². The third-order valence-electron chi connectivity index (χ3n) is 4.23. The van der Waals surface area contributed by atoms with Crippen LogP contribution in [0.5, 0.6) is 0 Å². The number of nitrogens with zero attached hydrogens (tertiary/aromatic N) is 4. The van der Waals surface area contributed by atoms with Crippen LogP contribution in [0.2, 0.25) is 5.02 Å². The van der Waals surface area contributed by atoms with Crippen molar-refractivity contribution >= 4 is 23.0 Å². The van der Waals surface area contributed by atoms with Gasteiger partial charge in [-0.2, -0.15) is 18.3 Å². The lowest BCUT2D eigenvalue weighted by Gasteiger charge is -2.10. The molecule has 0 aliphatic heterocycles. The van der Waals surface area contributed by atoms with Crippen molar-refractivity contribution in [2.24, 2.45) is 5.73 Å². The summed E-state index contributed by atoms with van der Waals surface area (Å²) in [5.41, 5.74) is 5.44. The Morgan fingerprint density at radius 1 is 1.14 bits per heavy atom. The third kappa shape index (κ3) is 2.99. The number of fused-ring (bicyclic) bond motifs is 1. The summed E-state index contributed by atoms with van der Waals surface area (Å²) in [6.45, 7) is 0. The third-order valence-corrected chi connectivity index (χ3v) is 4.56. The first-order valence-electron chi connectivity index (χ1n) is 7.93. The van der Waals surface area contributed by atoms with Crippen LogP contribution in [0.25, 0.3) is 22.5 Å². The first-order chi connectivity index (χ1) is 13.3. The van der Waals surface area contributed by atoms with Crippen molar-refractivity contribution < 1.29 is 18.0 Å². The Kier molecular flexibility index (Phi) is 4.11. The molecule has 0 fully saturated rings. The van der Waals surface area contributed by atoms with Crippen LogP contribution >= 0.6 is 11.6 Å². The minimum atomic E-state index is -4.56. The monoisotopic (exact) mass is 405 g/mol. The highest BCUT2D eigenvalue weighted by atomic mass is 35.5. The summed E-state index contributed by atoms with van der Waals surface area (Å²) in [4.78, 5) is 16.2. The maximum absolute atomic E-state index is 13.1. The topological polar surface area (TPSA) is 78.2 Å². The van der Waals surface area contributed by atoms with Crippen molar-refractivity contribution in [3.63, 3.8) is 0 Å². The summed E-state index contributed by atoms with van der Waals surface area (Å²) < 4.78 is 42.4. The molecule has 3 aromatic heterocycles. The van der Waals surface area contributed by atoms with Crippen LogP contribution in [0.3, 0.4) is 0 Å². The second-order valence-electron chi connectivity index (χ2n) is 5.97. The highest BCUT2D eigenvalue weighted by molar-refractivity contribution is 6.33. The minimum absolute atomic E-state index is 0.0181. The van der Waals surface area contributed by atoms with Gasteiger partial charge in [0.25, 0.3) is 5.91 Å². The minimum Gasteiger partial charge on any atom is -0.366 e. The lowest BCUT2D eigenvalue weighted by molar-refractivity contribution is -0.137. The van der Waals surface area contributed by atoms with Gasteiger partial charge in [0.1, 0.15) is 11.8 Å². The fraction of sp³-hybridized carbons (Fsp3) is 0.0556. The molecule has 28 heavy (non-hydrogen) atoms. The molecule has 0 atom stereocenters. The lowest BCUT2D eigenvalue weighted by Crippen LogP contribution is -2.11. The molecule has 6 nitrogen and oxygen atoms in total. The number of benzene rings is 1. The Morgan fingerprint density at radius 2 is 1.93 bits per heavy atom. The van der Waals surface area contributed by atoms with E-state index < -0.39 is 17.6 Å². The molecule has 4 rings (SSSR count). The molecular formula is C18H11ClF3N5O. The summed E-state index contributed by atoms with van der Waals surface area (Å²) in [5.74, 6) is -0.375. The highest BCUT2D eigenvalue weighted by Gasteiger charge is 2.31. The van der Waals surface area contributed by atoms with Gasteiger partial charge in [-0.15, -0.1) is 0 Å². The summed E-state index contributed by atoms with van der Waals surface area (Å²) in [6.07, 6.45) is 1.35. The molecule has 1 aromatic carbocycles. The zero-order valence-corrected chi connectivity index (χ0v) is 14.7. The Labute approximate surface area is 161 Å².